The van der Waals surface area contributed by atoms with Gasteiger partial charge in [0.1, 0.15) is 5.01 Å². The maximum absolute atomic E-state index is 12.5. The Bertz CT molecular complexity index is 828. The minimum Gasteiger partial charge on any atom is -0.399 e. The molecule has 0 aliphatic carbocycles. The summed E-state index contributed by atoms with van der Waals surface area (Å²) in [6.45, 7) is 2.08. The van der Waals surface area contributed by atoms with Gasteiger partial charge >= 0.3 is 0 Å². The fourth-order valence-corrected chi connectivity index (χ4v) is 4.17. The summed E-state index contributed by atoms with van der Waals surface area (Å²) < 4.78 is 0. The number of benzene rings is 1. The van der Waals surface area contributed by atoms with Crippen LogP contribution in [-0.4, -0.2) is 15.9 Å². The van der Waals surface area contributed by atoms with E-state index in [9.17, 15) is 4.79 Å². The summed E-state index contributed by atoms with van der Waals surface area (Å²) in [7, 11) is 0. The monoisotopic (exact) mass is 386 g/mol. The van der Waals surface area contributed by atoms with Crippen LogP contribution in [0.15, 0.2) is 41.2 Å². The largest absolute Gasteiger partial charge is 0.399 e. The van der Waals surface area contributed by atoms with E-state index in [0.717, 1.165) is 33.4 Å². The number of nitrogens with zero attached hydrogens (tertiary/aromatic N) is 2. The van der Waals surface area contributed by atoms with E-state index in [0.29, 0.717) is 19.3 Å². The lowest BCUT2D eigenvalue weighted by atomic mass is 10.1. The molecule has 136 valence electrons. The number of nitrogens with one attached hydrogen (secondary N) is 1. The van der Waals surface area contributed by atoms with E-state index in [1.54, 1.807) is 28.9 Å². The first-order valence-corrected chi connectivity index (χ1v) is 10.4. The van der Waals surface area contributed by atoms with Gasteiger partial charge < -0.3 is 11.1 Å². The summed E-state index contributed by atoms with van der Waals surface area (Å²) in [6, 6.07) is 7.63. The second-order valence-electron chi connectivity index (χ2n) is 6.02. The number of rotatable bonds is 8. The predicted molar refractivity (Wildman–Crippen MR) is 107 cm³/mol. The van der Waals surface area contributed by atoms with Crippen molar-refractivity contribution in [3.8, 4) is 0 Å². The molecule has 1 amide bonds. The van der Waals surface area contributed by atoms with Crippen molar-refractivity contribution in [2.75, 3.05) is 5.73 Å². The van der Waals surface area contributed by atoms with E-state index in [4.69, 9.17) is 5.73 Å². The van der Waals surface area contributed by atoms with Crippen molar-refractivity contribution < 1.29 is 4.79 Å². The lowest BCUT2D eigenvalue weighted by Crippen LogP contribution is -2.30. The van der Waals surface area contributed by atoms with Gasteiger partial charge in [-0.05, 0) is 30.5 Å². The zero-order valence-electron chi connectivity index (χ0n) is 14.6. The molecule has 0 saturated heterocycles. The summed E-state index contributed by atoms with van der Waals surface area (Å²) in [5.41, 5.74) is 8.69. The average Bonchev–Trinajstić information content (AvgIpc) is 3.33. The summed E-state index contributed by atoms with van der Waals surface area (Å²) >= 11 is 3.18. The highest BCUT2D eigenvalue weighted by molar-refractivity contribution is 7.09. The van der Waals surface area contributed by atoms with Crippen LogP contribution in [0.4, 0.5) is 5.69 Å². The summed E-state index contributed by atoms with van der Waals surface area (Å²) in [5.74, 6) is 0.0221. The van der Waals surface area contributed by atoms with Gasteiger partial charge in [-0.25, -0.2) is 9.97 Å². The number of nitrogen functional groups attached to an aromatic ring is 1. The maximum Gasteiger partial charge on any atom is 0.220 e. The van der Waals surface area contributed by atoms with Crippen LogP contribution in [0.5, 0.6) is 0 Å². The molecule has 1 aromatic carbocycles. The second kappa shape index (κ2) is 8.91. The summed E-state index contributed by atoms with van der Waals surface area (Å²) in [5, 5.41) is 9.07. The third kappa shape index (κ3) is 5.12. The molecule has 3 N–H and O–H groups in total. The molecule has 3 rings (SSSR count). The molecule has 0 fully saturated rings. The Morgan fingerprint density at radius 1 is 1.27 bits per heavy atom. The van der Waals surface area contributed by atoms with Gasteiger partial charge in [-0.2, -0.15) is 0 Å². The predicted octanol–water partition coefficient (Wildman–Crippen LogP) is 3.78. The molecule has 0 spiro atoms. The number of carbonyl (C=O) groups excluding carboxylic acids is 1. The molecule has 3 aromatic rings. The van der Waals surface area contributed by atoms with Gasteiger partial charge in [0.15, 0.2) is 0 Å². The fourth-order valence-electron chi connectivity index (χ4n) is 2.60. The molecule has 0 unspecified atom stereocenters. The molecule has 5 nitrogen and oxygen atoms in total. The van der Waals surface area contributed by atoms with Crippen LogP contribution in [0.2, 0.25) is 0 Å². The first kappa shape index (κ1) is 18.5. The Labute approximate surface area is 161 Å². The van der Waals surface area contributed by atoms with Crippen LogP contribution >= 0.6 is 22.7 Å². The Morgan fingerprint density at radius 2 is 2.08 bits per heavy atom. The molecule has 0 saturated carbocycles. The lowest BCUT2D eigenvalue weighted by molar-refractivity contribution is -0.121. The zero-order valence-corrected chi connectivity index (χ0v) is 16.3. The lowest BCUT2D eigenvalue weighted by Gasteiger charge is -2.17. The van der Waals surface area contributed by atoms with Crippen LogP contribution in [-0.2, 0) is 24.1 Å². The van der Waals surface area contributed by atoms with E-state index in [1.807, 2.05) is 29.6 Å². The minimum absolute atomic E-state index is 0.0221. The standard InChI is InChI=1S/C19H22N4OS2/c1-2-15-12-26-19(22-15)16(11-13-3-5-14(20)6-4-13)23-17(24)7-8-18-21-9-10-25-18/h3-6,9-10,12,16H,2,7-8,11,20H2,1H3,(H,23,24)/t16-/m0/s1. The highest BCUT2D eigenvalue weighted by atomic mass is 32.1. The van der Waals surface area contributed by atoms with Gasteiger partial charge in [-0.1, -0.05) is 19.1 Å². The number of aryl methyl sites for hydroxylation is 2. The number of thiazole rings is 2. The molecule has 0 aliphatic heterocycles. The van der Waals surface area contributed by atoms with Crippen molar-refractivity contribution in [3.63, 3.8) is 0 Å². The van der Waals surface area contributed by atoms with E-state index in [-0.39, 0.29) is 11.9 Å². The van der Waals surface area contributed by atoms with Crippen LogP contribution in [0, 0.1) is 0 Å². The number of amides is 1. The molecule has 0 bridgehead atoms. The van der Waals surface area contributed by atoms with Crippen molar-refractivity contribution >= 4 is 34.3 Å². The van der Waals surface area contributed by atoms with Crippen molar-refractivity contribution in [1.82, 2.24) is 15.3 Å². The van der Waals surface area contributed by atoms with Gasteiger partial charge in [0.25, 0.3) is 0 Å². The van der Waals surface area contributed by atoms with Crippen molar-refractivity contribution in [2.24, 2.45) is 0 Å². The first-order chi connectivity index (χ1) is 12.6. The molecule has 26 heavy (non-hydrogen) atoms. The highest BCUT2D eigenvalue weighted by Gasteiger charge is 2.19. The molecule has 7 heteroatoms. The molecule has 1 atom stereocenters. The van der Waals surface area contributed by atoms with Gasteiger partial charge in [0, 0.05) is 35.5 Å². The van der Waals surface area contributed by atoms with E-state index in [2.05, 4.69) is 27.6 Å². The SMILES string of the molecule is CCc1csc([C@H](Cc2ccc(N)cc2)NC(=O)CCc2nccs2)n1. The van der Waals surface area contributed by atoms with Crippen molar-refractivity contribution in [1.29, 1.82) is 0 Å². The van der Waals surface area contributed by atoms with E-state index < -0.39 is 0 Å². The number of anilines is 1. The van der Waals surface area contributed by atoms with Crippen LogP contribution in [0.3, 0.4) is 0 Å². The third-order valence-electron chi connectivity index (χ3n) is 4.03. The Morgan fingerprint density at radius 3 is 2.73 bits per heavy atom. The summed E-state index contributed by atoms with van der Waals surface area (Å²) in [4.78, 5) is 21.4. The van der Waals surface area contributed by atoms with Crippen LogP contribution < -0.4 is 11.1 Å². The van der Waals surface area contributed by atoms with Gasteiger partial charge in [0.05, 0.1) is 16.7 Å². The third-order valence-corrected chi connectivity index (χ3v) is 5.88. The normalized spacial score (nSPS) is 12.0. The van der Waals surface area contributed by atoms with Crippen molar-refractivity contribution in [3.05, 3.63) is 62.5 Å². The van der Waals surface area contributed by atoms with Crippen molar-refractivity contribution in [2.45, 2.75) is 38.6 Å². The fraction of sp³-hybridized carbons (Fsp3) is 0.316. The molecule has 0 aliphatic rings. The Hall–Kier alpha value is -2.25. The number of aromatic nitrogens is 2. The molecular weight excluding hydrogens is 364 g/mol. The second-order valence-corrected chi connectivity index (χ2v) is 7.89. The number of carbonyl (C=O) groups is 1. The first-order valence-electron chi connectivity index (χ1n) is 8.60. The number of nitrogens with two attached hydrogens (primary N) is 1. The topological polar surface area (TPSA) is 80.9 Å². The maximum atomic E-state index is 12.5. The smallest absolute Gasteiger partial charge is 0.220 e. The molecule has 0 radical (unpaired) electrons. The van der Waals surface area contributed by atoms with Crippen LogP contribution in [0.1, 0.15) is 40.7 Å². The zero-order chi connectivity index (χ0) is 18.4. The van der Waals surface area contributed by atoms with E-state index >= 15 is 0 Å². The number of hydrogen-bond acceptors (Lipinski definition) is 6. The molecular formula is C19H22N4OS2. The van der Waals surface area contributed by atoms with E-state index in [1.165, 1.54) is 0 Å². The van der Waals surface area contributed by atoms with Crippen LogP contribution in [0.25, 0.3) is 0 Å². The Balaban J connectivity index is 1.69. The van der Waals surface area contributed by atoms with Gasteiger partial charge in [0.2, 0.25) is 5.91 Å². The average molecular weight is 387 g/mol. The van der Waals surface area contributed by atoms with Gasteiger partial charge in [-0.15, -0.1) is 22.7 Å². The van der Waals surface area contributed by atoms with Gasteiger partial charge in [-0.3, -0.25) is 4.79 Å². The molecule has 2 heterocycles. The summed E-state index contributed by atoms with van der Waals surface area (Å²) in [6.07, 6.45) is 4.45. The minimum atomic E-state index is -0.132. The Kier molecular flexibility index (Phi) is 6.35. The quantitative estimate of drug-likeness (QED) is 0.577. The molecule has 2 aromatic heterocycles. The number of hydrogen-bond donors (Lipinski definition) is 2. The highest BCUT2D eigenvalue weighted by Crippen LogP contribution is 2.23.